The summed E-state index contributed by atoms with van der Waals surface area (Å²) in [5, 5.41) is 3.01. The van der Waals surface area contributed by atoms with Gasteiger partial charge in [-0.3, -0.25) is 0 Å². The Labute approximate surface area is 105 Å². The Morgan fingerprint density at radius 2 is 1.83 bits per heavy atom. The van der Waals surface area contributed by atoms with Crippen LogP contribution in [0.15, 0.2) is 36.4 Å². The van der Waals surface area contributed by atoms with Crippen molar-refractivity contribution in [1.29, 1.82) is 0 Å². The van der Waals surface area contributed by atoms with Crippen molar-refractivity contribution in [2.75, 3.05) is 7.05 Å². The third-order valence-electron chi connectivity index (χ3n) is 2.90. The van der Waals surface area contributed by atoms with Crippen LogP contribution in [-0.4, -0.2) is 7.05 Å². The average molecular weight is 247 g/mol. The fourth-order valence-electron chi connectivity index (χ4n) is 1.99. The predicted octanol–water partition coefficient (Wildman–Crippen LogP) is 3.66. The van der Waals surface area contributed by atoms with E-state index >= 15 is 0 Å². The van der Waals surface area contributed by atoms with Crippen LogP contribution in [0.2, 0.25) is 0 Å². The largest absolute Gasteiger partial charge is 0.316 e. The molecule has 2 rings (SSSR count). The lowest BCUT2D eigenvalue weighted by Crippen LogP contribution is -2.06. The van der Waals surface area contributed by atoms with E-state index in [0.717, 1.165) is 16.7 Å². The van der Waals surface area contributed by atoms with Crippen LogP contribution in [0.5, 0.6) is 0 Å². The molecule has 0 aromatic heterocycles. The molecule has 0 saturated carbocycles. The number of rotatable bonds is 3. The Balaban J connectivity index is 2.51. The fourth-order valence-corrected chi connectivity index (χ4v) is 1.99. The number of nitrogens with one attached hydrogen (secondary N) is 1. The van der Waals surface area contributed by atoms with E-state index in [4.69, 9.17) is 0 Å². The molecule has 0 bridgehead atoms. The highest BCUT2D eigenvalue weighted by Gasteiger charge is 2.07. The normalized spacial score (nSPS) is 10.7. The smallest absolute Gasteiger partial charge is 0.126 e. The summed E-state index contributed by atoms with van der Waals surface area (Å²) < 4.78 is 26.5. The lowest BCUT2D eigenvalue weighted by atomic mass is 9.98. The van der Waals surface area contributed by atoms with Gasteiger partial charge in [0.2, 0.25) is 0 Å². The summed E-state index contributed by atoms with van der Waals surface area (Å²) in [6.45, 7) is 2.30. The molecule has 0 aliphatic heterocycles. The van der Waals surface area contributed by atoms with Crippen molar-refractivity contribution in [2.45, 2.75) is 13.5 Å². The minimum absolute atomic E-state index is 0.226. The molecule has 1 N–H and O–H groups in total. The first kappa shape index (κ1) is 12.7. The molecule has 94 valence electrons. The molecule has 0 heterocycles. The number of halogens is 2. The van der Waals surface area contributed by atoms with Gasteiger partial charge in [0.25, 0.3) is 0 Å². The molecule has 0 radical (unpaired) electrons. The average Bonchev–Trinajstić information content (AvgIpc) is 2.34. The van der Waals surface area contributed by atoms with Gasteiger partial charge in [0, 0.05) is 6.54 Å². The maximum atomic E-state index is 13.3. The standard InChI is InChI=1S/C15H15F2N/c1-10-7-11(3-6-15(10)17)14-5-4-13(16)8-12(14)9-18-2/h3-8,18H,9H2,1-2H3. The molecule has 18 heavy (non-hydrogen) atoms. The molecule has 1 nitrogen and oxygen atoms in total. The molecule has 3 heteroatoms. The molecule has 0 atom stereocenters. The van der Waals surface area contributed by atoms with E-state index in [2.05, 4.69) is 5.32 Å². The first-order chi connectivity index (χ1) is 8.61. The molecule has 2 aromatic carbocycles. The SMILES string of the molecule is CNCc1cc(F)ccc1-c1ccc(F)c(C)c1. The highest BCUT2D eigenvalue weighted by Crippen LogP contribution is 2.26. The monoisotopic (exact) mass is 247 g/mol. The lowest BCUT2D eigenvalue weighted by molar-refractivity contribution is 0.618. The second kappa shape index (κ2) is 5.27. The van der Waals surface area contributed by atoms with E-state index < -0.39 is 0 Å². The Hall–Kier alpha value is -1.74. The number of hydrogen-bond acceptors (Lipinski definition) is 1. The molecule has 0 amide bonds. The van der Waals surface area contributed by atoms with Gasteiger partial charge in [0.15, 0.2) is 0 Å². The Bertz CT molecular complexity index is 564. The quantitative estimate of drug-likeness (QED) is 0.872. The zero-order chi connectivity index (χ0) is 13.1. The van der Waals surface area contributed by atoms with Crippen LogP contribution in [0.1, 0.15) is 11.1 Å². The van der Waals surface area contributed by atoms with Crippen LogP contribution < -0.4 is 5.32 Å². The Kier molecular flexibility index (Phi) is 3.72. The first-order valence-corrected chi connectivity index (χ1v) is 5.81. The van der Waals surface area contributed by atoms with Gasteiger partial charge >= 0.3 is 0 Å². The number of benzene rings is 2. The van der Waals surface area contributed by atoms with Crippen molar-refractivity contribution in [3.63, 3.8) is 0 Å². The maximum Gasteiger partial charge on any atom is 0.126 e. The third-order valence-corrected chi connectivity index (χ3v) is 2.90. The van der Waals surface area contributed by atoms with E-state index in [1.165, 1.54) is 18.2 Å². The summed E-state index contributed by atoms with van der Waals surface area (Å²) in [6, 6.07) is 9.60. The summed E-state index contributed by atoms with van der Waals surface area (Å²) in [5.41, 5.74) is 3.28. The van der Waals surface area contributed by atoms with Gasteiger partial charge in [-0.1, -0.05) is 12.1 Å². The molecule has 0 spiro atoms. The summed E-state index contributed by atoms with van der Waals surface area (Å²) in [4.78, 5) is 0. The fraction of sp³-hybridized carbons (Fsp3) is 0.200. The Morgan fingerprint density at radius 3 is 2.50 bits per heavy atom. The van der Waals surface area contributed by atoms with E-state index in [9.17, 15) is 8.78 Å². The predicted molar refractivity (Wildman–Crippen MR) is 69.3 cm³/mol. The topological polar surface area (TPSA) is 12.0 Å². The van der Waals surface area contributed by atoms with Gasteiger partial charge in [-0.2, -0.15) is 0 Å². The summed E-state index contributed by atoms with van der Waals surface area (Å²) in [7, 11) is 1.81. The van der Waals surface area contributed by atoms with Crippen molar-refractivity contribution in [1.82, 2.24) is 5.32 Å². The molecule has 0 aliphatic carbocycles. The molecular formula is C15H15F2N. The van der Waals surface area contributed by atoms with E-state index in [1.807, 2.05) is 7.05 Å². The Morgan fingerprint density at radius 1 is 1.06 bits per heavy atom. The molecule has 0 aliphatic rings. The first-order valence-electron chi connectivity index (χ1n) is 5.81. The number of hydrogen-bond donors (Lipinski definition) is 1. The second-order valence-corrected chi connectivity index (χ2v) is 4.30. The van der Waals surface area contributed by atoms with Crippen LogP contribution in [0.25, 0.3) is 11.1 Å². The van der Waals surface area contributed by atoms with Gasteiger partial charge in [-0.25, -0.2) is 8.78 Å². The van der Waals surface area contributed by atoms with Gasteiger partial charge in [-0.05, 0) is 60.5 Å². The van der Waals surface area contributed by atoms with E-state index in [-0.39, 0.29) is 11.6 Å². The zero-order valence-electron chi connectivity index (χ0n) is 10.4. The van der Waals surface area contributed by atoms with E-state index in [0.29, 0.717) is 12.1 Å². The van der Waals surface area contributed by atoms with Gasteiger partial charge in [0.1, 0.15) is 11.6 Å². The van der Waals surface area contributed by atoms with Crippen molar-refractivity contribution in [3.05, 3.63) is 59.2 Å². The van der Waals surface area contributed by atoms with Crippen molar-refractivity contribution < 1.29 is 8.78 Å². The van der Waals surface area contributed by atoms with Gasteiger partial charge < -0.3 is 5.32 Å². The zero-order valence-corrected chi connectivity index (χ0v) is 10.4. The minimum Gasteiger partial charge on any atom is -0.316 e. The van der Waals surface area contributed by atoms with Crippen molar-refractivity contribution in [3.8, 4) is 11.1 Å². The summed E-state index contributed by atoms with van der Waals surface area (Å²) in [6.07, 6.45) is 0. The van der Waals surface area contributed by atoms with Crippen LogP contribution in [0, 0.1) is 18.6 Å². The van der Waals surface area contributed by atoms with E-state index in [1.54, 1.807) is 25.1 Å². The van der Waals surface area contributed by atoms with Gasteiger partial charge in [0.05, 0.1) is 0 Å². The van der Waals surface area contributed by atoms with Gasteiger partial charge in [-0.15, -0.1) is 0 Å². The van der Waals surface area contributed by atoms with Crippen LogP contribution in [0.4, 0.5) is 8.78 Å². The lowest BCUT2D eigenvalue weighted by Gasteiger charge is -2.10. The highest BCUT2D eigenvalue weighted by molar-refractivity contribution is 5.68. The highest BCUT2D eigenvalue weighted by atomic mass is 19.1. The third kappa shape index (κ3) is 2.57. The van der Waals surface area contributed by atoms with Crippen molar-refractivity contribution in [2.24, 2.45) is 0 Å². The van der Waals surface area contributed by atoms with Crippen LogP contribution >= 0.6 is 0 Å². The van der Waals surface area contributed by atoms with Crippen molar-refractivity contribution >= 4 is 0 Å². The molecule has 2 aromatic rings. The summed E-state index contributed by atoms with van der Waals surface area (Å²) in [5.74, 6) is -0.487. The molecular weight excluding hydrogens is 232 g/mol. The molecule has 0 fully saturated rings. The second-order valence-electron chi connectivity index (χ2n) is 4.30. The molecule has 0 unspecified atom stereocenters. The van der Waals surface area contributed by atoms with Crippen LogP contribution in [-0.2, 0) is 6.54 Å². The summed E-state index contributed by atoms with van der Waals surface area (Å²) >= 11 is 0. The minimum atomic E-state index is -0.261. The number of aryl methyl sites for hydroxylation is 1. The molecule has 0 saturated heterocycles. The van der Waals surface area contributed by atoms with Crippen LogP contribution in [0.3, 0.4) is 0 Å². The maximum absolute atomic E-state index is 13.3.